The zero-order valence-electron chi connectivity index (χ0n) is 12.2. The van der Waals surface area contributed by atoms with Crippen LogP contribution >= 0.6 is 0 Å². The molecule has 1 saturated heterocycles. The first-order valence-electron chi connectivity index (χ1n) is 6.79. The molecule has 0 N–H and O–H groups in total. The monoisotopic (exact) mass is 298 g/mol. The van der Waals surface area contributed by atoms with Gasteiger partial charge in [-0.25, -0.2) is 0 Å². The van der Waals surface area contributed by atoms with Crippen molar-refractivity contribution in [2.45, 2.75) is 26.3 Å². The Balaban J connectivity index is 1.99. The molecule has 0 aromatic heterocycles. The topological polar surface area (TPSA) is 49.9 Å². The summed E-state index contributed by atoms with van der Waals surface area (Å²) in [5.74, 6) is 0.353. The fourth-order valence-electron chi connectivity index (χ4n) is 2.23. The number of hydrogen-bond acceptors (Lipinski definition) is 4. The van der Waals surface area contributed by atoms with E-state index in [1.807, 2.05) is 6.07 Å². The highest BCUT2D eigenvalue weighted by atomic mass is 32.2. The van der Waals surface area contributed by atoms with Crippen molar-refractivity contribution in [3.05, 3.63) is 30.3 Å². The van der Waals surface area contributed by atoms with Crippen molar-refractivity contribution in [3.63, 3.8) is 0 Å². The molecule has 0 amide bonds. The lowest BCUT2D eigenvalue weighted by Gasteiger charge is -2.41. The van der Waals surface area contributed by atoms with Crippen LogP contribution in [0, 0.1) is 0 Å². The van der Waals surface area contributed by atoms with E-state index in [1.54, 1.807) is 24.3 Å². The summed E-state index contributed by atoms with van der Waals surface area (Å²) in [6.07, 6.45) is 0. The van der Waals surface area contributed by atoms with E-state index in [9.17, 15) is 8.42 Å². The van der Waals surface area contributed by atoms with E-state index in [1.165, 1.54) is 4.31 Å². The van der Waals surface area contributed by atoms with Crippen molar-refractivity contribution in [1.29, 1.82) is 0 Å². The van der Waals surface area contributed by atoms with Crippen LogP contribution in [0.3, 0.4) is 0 Å². The fraction of sp³-hybridized carbons (Fsp3) is 0.571. The van der Waals surface area contributed by atoms with Gasteiger partial charge >= 0.3 is 10.3 Å². The van der Waals surface area contributed by atoms with Gasteiger partial charge in [-0.3, -0.25) is 4.90 Å². The van der Waals surface area contributed by atoms with E-state index < -0.39 is 10.3 Å². The molecule has 1 aromatic carbocycles. The number of para-hydroxylation sites is 1. The summed E-state index contributed by atoms with van der Waals surface area (Å²) in [4.78, 5) is 2.28. The van der Waals surface area contributed by atoms with Gasteiger partial charge in [0.05, 0.1) is 0 Å². The summed E-state index contributed by atoms with van der Waals surface area (Å²) in [5, 5.41) is 0. The van der Waals surface area contributed by atoms with Crippen molar-refractivity contribution < 1.29 is 12.6 Å². The Bertz CT molecular complexity index is 529. The van der Waals surface area contributed by atoms with Gasteiger partial charge in [0.25, 0.3) is 0 Å². The molecule has 1 heterocycles. The van der Waals surface area contributed by atoms with Crippen molar-refractivity contribution in [3.8, 4) is 5.75 Å². The van der Waals surface area contributed by atoms with Crippen molar-refractivity contribution in [1.82, 2.24) is 9.21 Å². The van der Waals surface area contributed by atoms with Gasteiger partial charge in [0.1, 0.15) is 5.75 Å². The van der Waals surface area contributed by atoms with Gasteiger partial charge in [0.2, 0.25) is 0 Å². The minimum absolute atomic E-state index is 0.0656. The molecule has 0 spiro atoms. The van der Waals surface area contributed by atoms with Crippen LogP contribution in [0.4, 0.5) is 0 Å². The zero-order valence-corrected chi connectivity index (χ0v) is 13.1. The maximum Gasteiger partial charge on any atom is 0.385 e. The van der Waals surface area contributed by atoms with E-state index in [4.69, 9.17) is 4.18 Å². The normalized spacial score (nSPS) is 18.9. The van der Waals surface area contributed by atoms with Gasteiger partial charge in [-0.05, 0) is 32.9 Å². The average molecular weight is 298 g/mol. The fourth-order valence-corrected chi connectivity index (χ4v) is 3.30. The second kappa shape index (κ2) is 5.71. The lowest BCUT2D eigenvalue weighted by Crippen LogP contribution is -2.55. The Morgan fingerprint density at radius 2 is 1.55 bits per heavy atom. The number of piperazine rings is 1. The van der Waals surface area contributed by atoms with Gasteiger partial charge in [0.15, 0.2) is 0 Å². The van der Waals surface area contributed by atoms with Crippen LogP contribution in [0.2, 0.25) is 0 Å². The van der Waals surface area contributed by atoms with Gasteiger partial charge in [-0.1, -0.05) is 18.2 Å². The number of benzene rings is 1. The molecule has 20 heavy (non-hydrogen) atoms. The van der Waals surface area contributed by atoms with Crippen molar-refractivity contribution in [2.24, 2.45) is 0 Å². The minimum atomic E-state index is -3.70. The largest absolute Gasteiger partial charge is 0.385 e. The summed E-state index contributed by atoms with van der Waals surface area (Å²) in [5.41, 5.74) is 0.0656. The molecule has 0 saturated carbocycles. The Hall–Kier alpha value is -1.11. The molecule has 1 aliphatic heterocycles. The summed E-state index contributed by atoms with van der Waals surface area (Å²) in [7, 11) is -3.70. The lowest BCUT2D eigenvalue weighted by atomic mass is 10.1. The highest BCUT2D eigenvalue weighted by molar-refractivity contribution is 7.84. The van der Waals surface area contributed by atoms with Crippen LogP contribution in [-0.2, 0) is 10.3 Å². The van der Waals surface area contributed by atoms with Crippen LogP contribution in [0.15, 0.2) is 30.3 Å². The molecule has 1 aromatic rings. The number of nitrogens with zero attached hydrogens (tertiary/aromatic N) is 2. The summed E-state index contributed by atoms with van der Waals surface area (Å²) < 4.78 is 30.9. The van der Waals surface area contributed by atoms with Crippen LogP contribution in [0.25, 0.3) is 0 Å². The summed E-state index contributed by atoms with van der Waals surface area (Å²) in [6, 6.07) is 8.61. The van der Waals surface area contributed by atoms with Gasteiger partial charge in [-0.2, -0.15) is 12.7 Å². The van der Waals surface area contributed by atoms with E-state index >= 15 is 0 Å². The average Bonchev–Trinajstić information content (AvgIpc) is 2.38. The first kappa shape index (κ1) is 15.3. The Labute approximate surface area is 121 Å². The van der Waals surface area contributed by atoms with E-state index in [2.05, 4.69) is 25.7 Å². The van der Waals surface area contributed by atoms with E-state index in [0.29, 0.717) is 18.8 Å². The molecule has 1 aliphatic rings. The maximum absolute atomic E-state index is 12.2. The third-order valence-electron chi connectivity index (χ3n) is 3.45. The minimum Gasteiger partial charge on any atom is -0.371 e. The molecule has 2 rings (SSSR count). The third-order valence-corrected chi connectivity index (χ3v) is 4.85. The van der Waals surface area contributed by atoms with Crippen LogP contribution in [0.1, 0.15) is 20.8 Å². The molecule has 6 heteroatoms. The predicted molar refractivity (Wildman–Crippen MR) is 78.9 cm³/mol. The summed E-state index contributed by atoms with van der Waals surface area (Å²) >= 11 is 0. The Kier molecular flexibility index (Phi) is 4.36. The highest BCUT2D eigenvalue weighted by Crippen LogP contribution is 2.19. The second-order valence-corrected chi connectivity index (χ2v) is 7.45. The molecular weight excluding hydrogens is 276 g/mol. The molecule has 0 bridgehead atoms. The van der Waals surface area contributed by atoms with Crippen molar-refractivity contribution in [2.75, 3.05) is 26.2 Å². The molecule has 112 valence electrons. The number of rotatable bonds is 3. The SMILES string of the molecule is CC(C)(C)N1CCN(S(=O)(=O)Oc2ccccc2)CC1. The Morgan fingerprint density at radius 3 is 2.05 bits per heavy atom. The van der Waals surface area contributed by atoms with Crippen LogP contribution in [0.5, 0.6) is 5.75 Å². The zero-order chi connectivity index (χ0) is 14.8. The molecule has 0 radical (unpaired) electrons. The standard InChI is InChI=1S/C14H22N2O3S/c1-14(2,3)15-9-11-16(12-10-15)20(17,18)19-13-7-5-4-6-8-13/h4-8H,9-12H2,1-3H3. The predicted octanol–water partition coefficient (Wildman–Crippen LogP) is 1.73. The van der Waals surface area contributed by atoms with Crippen molar-refractivity contribution >= 4 is 10.3 Å². The third kappa shape index (κ3) is 3.71. The molecule has 0 aliphatic carbocycles. The molecule has 5 nitrogen and oxygen atoms in total. The number of hydrogen-bond donors (Lipinski definition) is 0. The first-order valence-corrected chi connectivity index (χ1v) is 8.15. The maximum atomic E-state index is 12.2. The van der Waals surface area contributed by atoms with E-state index in [0.717, 1.165) is 13.1 Å². The van der Waals surface area contributed by atoms with Gasteiger partial charge in [-0.15, -0.1) is 0 Å². The molecule has 1 fully saturated rings. The molecule has 0 atom stereocenters. The first-order chi connectivity index (χ1) is 9.29. The smallest absolute Gasteiger partial charge is 0.371 e. The van der Waals surface area contributed by atoms with Crippen LogP contribution < -0.4 is 4.18 Å². The van der Waals surface area contributed by atoms with Gasteiger partial charge in [0, 0.05) is 31.7 Å². The lowest BCUT2D eigenvalue weighted by molar-refractivity contribution is 0.0894. The quantitative estimate of drug-likeness (QED) is 0.852. The van der Waals surface area contributed by atoms with E-state index in [-0.39, 0.29) is 5.54 Å². The molecular formula is C14H22N2O3S. The highest BCUT2D eigenvalue weighted by Gasteiger charge is 2.32. The summed E-state index contributed by atoms with van der Waals surface area (Å²) in [6.45, 7) is 8.79. The van der Waals surface area contributed by atoms with Crippen LogP contribution in [-0.4, -0.2) is 49.3 Å². The second-order valence-electron chi connectivity index (χ2n) is 5.91. The Morgan fingerprint density at radius 1 is 1.00 bits per heavy atom. The molecule has 0 unspecified atom stereocenters. The van der Waals surface area contributed by atoms with Gasteiger partial charge < -0.3 is 4.18 Å².